The highest BCUT2D eigenvalue weighted by molar-refractivity contribution is 7.99. The van der Waals surface area contributed by atoms with E-state index in [1.165, 1.54) is 5.56 Å². The Hall–Kier alpha value is -0.960. The monoisotopic (exact) mass is 252 g/mol. The summed E-state index contributed by atoms with van der Waals surface area (Å²) in [5, 5.41) is 8.48. The van der Waals surface area contributed by atoms with Gasteiger partial charge in [0.05, 0.1) is 0 Å². The summed E-state index contributed by atoms with van der Waals surface area (Å²) < 4.78 is 0. The van der Waals surface area contributed by atoms with Gasteiger partial charge in [0.25, 0.3) is 0 Å². The molecule has 1 aromatic rings. The molecule has 0 heterocycles. The first-order valence-corrected chi connectivity index (χ1v) is 7.28. The van der Waals surface area contributed by atoms with Gasteiger partial charge < -0.3 is 5.11 Å². The number of rotatable bonds is 9. The van der Waals surface area contributed by atoms with Crippen LogP contribution in [-0.2, 0) is 11.2 Å². The normalized spacial score (nSPS) is 10.4. The topological polar surface area (TPSA) is 37.3 Å². The van der Waals surface area contributed by atoms with Crippen LogP contribution in [0.25, 0.3) is 0 Å². The van der Waals surface area contributed by atoms with E-state index in [4.69, 9.17) is 5.11 Å². The van der Waals surface area contributed by atoms with E-state index in [1.807, 2.05) is 17.8 Å². The van der Waals surface area contributed by atoms with Gasteiger partial charge in [-0.15, -0.1) is 0 Å². The maximum Gasteiger partial charge on any atom is 0.303 e. The van der Waals surface area contributed by atoms with Crippen LogP contribution in [0.1, 0.15) is 31.2 Å². The summed E-state index contributed by atoms with van der Waals surface area (Å²) in [6.07, 6.45) is 4.42. The molecule has 0 aliphatic rings. The van der Waals surface area contributed by atoms with Crippen LogP contribution in [0.4, 0.5) is 0 Å². The second-order valence-corrected chi connectivity index (χ2v) is 5.28. The van der Waals surface area contributed by atoms with E-state index < -0.39 is 5.97 Å². The summed E-state index contributed by atoms with van der Waals surface area (Å²) in [6.45, 7) is 0. The zero-order valence-corrected chi connectivity index (χ0v) is 10.9. The van der Waals surface area contributed by atoms with Crippen molar-refractivity contribution in [1.29, 1.82) is 0 Å². The van der Waals surface area contributed by atoms with Crippen LogP contribution in [-0.4, -0.2) is 22.6 Å². The lowest BCUT2D eigenvalue weighted by Crippen LogP contribution is -1.94. The summed E-state index contributed by atoms with van der Waals surface area (Å²) in [5.41, 5.74) is 1.39. The van der Waals surface area contributed by atoms with E-state index in [-0.39, 0.29) is 0 Å². The van der Waals surface area contributed by atoms with E-state index in [9.17, 15) is 4.79 Å². The zero-order chi connectivity index (χ0) is 12.3. The Labute approximate surface area is 107 Å². The first-order chi connectivity index (χ1) is 8.29. The summed E-state index contributed by atoms with van der Waals surface area (Å²) >= 11 is 1.96. The van der Waals surface area contributed by atoms with E-state index in [0.717, 1.165) is 37.2 Å². The molecular weight excluding hydrogens is 232 g/mol. The quantitative estimate of drug-likeness (QED) is 0.682. The zero-order valence-electron chi connectivity index (χ0n) is 10.1. The van der Waals surface area contributed by atoms with Crippen LogP contribution in [0, 0.1) is 0 Å². The Morgan fingerprint density at radius 1 is 1.06 bits per heavy atom. The first kappa shape index (κ1) is 14.1. The van der Waals surface area contributed by atoms with Gasteiger partial charge in [0.1, 0.15) is 0 Å². The number of carboxylic acid groups (broad SMARTS) is 1. The van der Waals surface area contributed by atoms with Crippen molar-refractivity contribution in [2.45, 2.75) is 32.1 Å². The number of benzene rings is 1. The number of thioether (sulfide) groups is 1. The number of carboxylic acids is 1. The first-order valence-electron chi connectivity index (χ1n) is 6.12. The SMILES string of the molecule is O=C(O)CCCCCSCCc1ccccc1. The number of hydrogen-bond acceptors (Lipinski definition) is 2. The summed E-state index contributed by atoms with van der Waals surface area (Å²) in [6, 6.07) is 10.5. The van der Waals surface area contributed by atoms with Crippen LogP contribution >= 0.6 is 11.8 Å². The maximum atomic E-state index is 10.3. The highest BCUT2D eigenvalue weighted by Gasteiger charge is 1.97. The molecule has 0 radical (unpaired) electrons. The molecule has 1 rings (SSSR count). The Morgan fingerprint density at radius 2 is 1.82 bits per heavy atom. The number of aryl methyl sites for hydroxylation is 1. The van der Waals surface area contributed by atoms with Gasteiger partial charge in [-0.3, -0.25) is 4.79 Å². The third-order valence-electron chi connectivity index (χ3n) is 2.56. The van der Waals surface area contributed by atoms with Crippen molar-refractivity contribution < 1.29 is 9.90 Å². The predicted molar refractivity (Wildman–Crippen MR) is 73.6 cm³/mol. The fourth-order valence-electron chi connectivity index (χ4n) is 1.59. The van der Waals surface area contributed by atoms with E-state index in [0.29, 0.717) is 6.42 Å². The van der Waals surface area contributed by atoms with Gasteiger partial charge in [0.15, 0.2) is 0 Å². The highest BCUT2D eigenvalue weighted by atomic mass is 32.2. The molecule has 1 N–H and O–H groups in total. The van der Waals surface area contributed by atoms with Crippen molar-refractivity contribution in [3.05, 3.63) is 35.9 Å². The minimum atomic E-state index is -0.679. The maximum absolute atomic E-state index is 10.3. The number of hydrogen-bond donors (Lipinski definition) is 1. The molecule has 0 saturated carbocycles. The lowest BCUT2D eigenvalue weighted by Gasteiger charge is -2.02. The Morgan fingerprint density at radius 3 is 2.53 bits per heavy atom. The Kier molecular flexibility index (Phi) is 7.56. The largest absolute Gasteiger partial charge is 0.481 e. The van der Waals surface area contributed by atoms with Gasteiger partial charge in [-0.2, -0.15) is 11.8 Å². The standard InChI is InChI=1S/C14H20O2S/c15-14(16)9-5-2-6-11-17-12-10-13-7-3-1-4-8-13/h1,3-4,7-8H,2,5-6,9-12H2,(H,15,16). The Bertz CT molecular complexity index is 311. The number of aliphatic carboxylic acids is 1. The van der Waals surface area contributed by atoms with Crippen LogP contribution in [0.5, 0.6) is 0 Å². The van der Waals surface area contributed by atoms with E-state index in [2.05, 4.69) is 24.3 Å². The summed E-state index contributed by atoms with van der Waals surface area (Å²) in [7, 11) is 0. The molecule has 1 aromatic carbocycles. The van der Waals surface area contributed by atoms with Crippen molar-refractivity contribution in [3.8, 4) is 0 Å². The van der Waals surface area contributed by atoms with Gasteiger partial charge in [-0.1, -0.05) is 36.8 Å². The fraction of sp³-hybridized carbons (Fsp3) is 0.500. The van der Waals surface area contributed by atoms with Crippen LogP contribution in [0.2, 0.25) is 0 Å². The molecule has 0 aromatic heterocycles. The van der Waals surface area contributed by atoms with Crippen molar-refractivity contribution in [2.24, 2.45) is 0 Å². The molecule has 0 saturated heterocycles. The molecule has 0 aliphatic carbocycles. The molecule has 0 atom stereocenters. The van der Waals surface area contributed by atoms with E-state index >= 15 is 0 Å². The second kappa shape index (κ2) is 9.11. The fourth-order valence-corrected chi connectivity index (χ4v) is 2.59. The Balaban J connectivity index is 1.90. The van der Waals surface area contributed by atoms with Gasteiger partial charge in [-0.25, -0.2) is 0 Å². The van der Waals surface area contributed by atoms with Gasteiger partial charge in [0, 0.05) is 6.42 Å². The van der Waals surface area contributed by atoms with Crippen molar-refractivity contribution in [3.63, 3.8) is 0 Å². The van der Waals surface area contributed by atoms with Crippen LogP contribution in [0.15, 0.2) is 30.3 Å². The van der Waals surface area contributed by atoms with Gasteiger partial charge in [0.2, 0.25) is 0 Å². The molecular formula is C14H20O2S. The molecule has 3 heteroatoms. The molecule has 94 valence electrons. The number of carbonyl (C=O) groups is 1. The second-order valence-electron chi connectivity index (χ2n) is 4.05. The lowest BCUT2D eigenvalue weighted by atomic mass is 10.2. The highest BCUT2D eigenvalue weighted by Crippen LogP contribution is 2.10. The molecule has 0 unspecified atom stereocenters. The van der Waals surface area contributed by atoms with Crippen molar-refractivity contribution >= 4 is 17.7 Å². The van der Waals surface area contributed by atoms with Crippen molar-refractivity contribution in [1.82, 2.24) is 0 Å². The third-order valence-corrected chi connectivity index (χ3v) is 3.63. The van der Waals surface area contributed by atoms with Crippen LogP contribution in [0.3, 0.4) is 0 Å². The van der Waals surface area contributed by atoms with Crippen LogP contribution < -0.4 is 0 Å². The minimum absolute atomic E-state index is 0.314. The molecule has 0 bridgehead atoms. The smallest absolute Gasteiger partial charge is 0.303 e. The van der Waals surface area contributed by atoms with Gasteiger partial charge >= 0.3 is 5.97 Å². The molecule has 0 aliphatic heterocycles. The van der Waals surface area contributed by atoms with E-state index in [1.54, 1.807) is 0 Å². The van der Waals surface area contributed by atoms with Gasteiger partial charge in [-0.05, 0) is 36.3 Å². The third kappa shape index (κ3) is 7.86. The summed E-state index contributed by atoms with van der Waals surface area (Å²) in [4.78, 5) is 10.3. The summed E-state index contributed by atoms with van der Waals surface area (Å²) in [5.74, 6) is 1.62. The average molecular weight is 252 g/mol. The molecule has 17 heavy (non-hydrogen) atoms. The molecule has 0 fully saturated rings. The average Bonchev–Trinajstić information content (AvgIpc) is 2.33. The van der Waals surface area contributed by atoms with Crippen molar-refractivity contribution in [2.75, 3.05) is 11.5 Å². The predicted octanol–water partition coefficient (Wildman–Crippen LogP) is 3.61. The lowest BCUT2D eigenvalue weighted by molar-refractivity contribution is -0.137. The number of unbranched alkanes of at least 4 members (excludes halogenated alkanes) is 2. The molecule has 2 nitrogen and oxygen atoms in total. The molecule has 0 amide bonds. The minimum Gasteiger partial charge on any atom is -0.481 e. The molecule has 0 spiro atoms.